The first-order valence-electron chi connectivity index (χ1n) is 6.88. The van der Waals surface area contributed by atoms with Gasteiger partial charge in [-0.05, 0) is 19.9 Å². The third kappa shape index (κ3) is 2.63. The lowest BCUT2D eigenvalue weighted by atomic mass is 10.1. The van der Waals surface area contributed by atoms with Crippen molar-refractivity contribution in [2.45, 2.75) is 13.8 Å². The first-order chi connectivity index (χ1) is 10.1. The predicted molar refractivity (Wildman–Crippen MR) is 85.2 cm³/mol. The Morgan fingerprint density at radius 3 is 2.33 bits per heavy atom. The molecule has 21 heavy (non-hydrogen) atoms. The molecule has 0 amide bonds. The van der Waals surface area contributed by atoms with Crippen LogP contribution in [0.3, 0.4) is 0 Å². The van der Waals surface area contributed by atoms with Crippen LogP contribution in [0, 0.1) is 13.8 Å². The zero-order chi connectivity index (χ0) is 14.8. The average molecular weight is 276 g/mol. The third-order valence-corrected chi connectivity index (χ3v) is 3.49. The Kier molecular flexibility index (Phi) is 3.40. The largest absolute Gasteiger partial charge is 0.306 e. The SMILES string of the molecule is Cc1cccc(-c2nc(-c3ccccc3)c(C)c(=O)[nH]2)c1. The molecule has 0 atom stereocenters. The minimum atomic E-state index is -0.0969. The van der Waals surface area contributed by atoms with Gasteiger partial charge in [-0.2, -0.15) is 0 Å². The lowest BCUT2D eigenvalue weighted by Gasteiger charge is -2.08. The lowest BCUT2D eigenvalue weighted by Crippen LogP contribution is -2.14. The quantitative estimate of drug-likeness (QED) is 0.775. The zero-order valence-electron chi connectivity index (χ0n) is 12.1. The van der Waals surface area contributed by atoms with Crippen molar-refractivity contribution >= 4 is 0 Å². The summed E-state index contributed by atoms with van der Waals surface area (Å²) < 4.78 is 0. The van der Waals surface area contributed by atoms with Gasteiger partial charge in [-0.25, -0.2) is 4.98 Å². The minimum Gasteiger partial charge on any atom is -0.306 e. The van der Waals surface area contributed by atoms with Gasteiger partial charge in [0.15, 0.2) is 0 Å². The molecule has 0 unspecified atom stereocenters. The summed E-state index contributed by atoms with van der Waals surface area (Å²) in [5.74, 6) is 0.605. The Morgan fingerprint density at radius 2 is 1.62 bits per heavy atom. The summed E-state index contributed by atoms with van der Waals surface area (Å²) in [4.78, 5) is 19.7. The van der Waals surface area contributed by atoms with E-state index in [1.54, 1.807) is 6.92 Å². The van der Waals surface area contributed by atoms with Crippen molar-refractivity contribution in [1.82, 2.24) is 9.97 Å². The highest BCUT2D eigenvalue weighted by Crippen LogP contribution is 2.22. The van der Waals surface area contributed by atoms with Crippen molar-refractivity contribution in [2.24, 2.45) is 0 Å². The fraction of sp³-hybridized carbons (Fsp3) is 0.111. The van der Waals surface area contributed by atoms with E-state index in [-0.39, 0.29) is 5.56 Å². The van der Waals surface area contributed by atoms with Gasteiger partial charge in [0.05, 0.1) is 5.69 Å². The molecule has 0 aliphatic heterocycles. The van der Waals surface area contributed by atoms with E-state index in [0.29, 0.717) is 11.4 Å². The fourth-order valence-electron chi connectivity index (χ4n) is 2.34. The molecule has 0 spiro atoms. The average Bonchev–Trinajstić information content (AvgIpc) is 2.51. The molecule has 3 nitrogen and oxygen atoms in total. The molecule has 1 aromatic heterocycles. The fourth-order valence-corrected chi connectivity index (χ4v) is 2.34. The van der Waals surface area contributed by atoms with E-state index in [2.05, 4.69) is 9.97 Å². The summed E-state index contributed by atoms with van der Waals surface area (Å²) in [6.45, 7) is 3.82. The maximum absolute atomic E-state index is 12.2. The smallest absolute Gasteiger partial charge is 0.254 e. The number of aromatic amines is 1. The Balaban J connectivity index is 2.21. The number of rotatable bonds is 2. The van der Waals surface area contributed by atoms with Crippen LogP contribution >= 0.6 is 0 Å². The van der Waals surface area contributed by atoms with Gasteiger partial charge in [0.1, 0.15) is 5.82 Å². The molecule has 2 aromatic carbocycles. The monoisotopic (exact) mass is 276 g/mol. The van der Waals surface area contributed by atoms with E-state index >= 15 is 0 Å². The van der Waals surface area contributed by atoms with E-state index in [1.807, 2.05) is 61.5 Å². The van der Waals surface area contributed by atoms with Crippen molar-refractivity contribution in [1.29, 1.82) is 0 Å². The van der Waals surface area contributed by atoms with Crippen LogP contribution in [-0.4, -0.2) is 9.97 Å². The Bertz CT molecular complexity index is 835. The standard InChI is InChI=1S/C18H16N2O/c1-12-7-6-10-15(11-12)17-19-16(13(2)18(21)20-17)14-8-4-3-5-9-14/h3-11H,1-2H3,(H,19,20,21). The van der Waals surface area contributed by atoms with Gasteiger partial charge in [0, 0.05) is 16.7 Å². The summed E-state index contributed by atoms with van der Waals surface area (Å²) in [5.41, 5.74) is 4.28. The molecule has 0 bridgehead atoms. The molecule has 3 rings (SSSR count). The molecule has 0 saturated carbocycles. The highest BCUT2D eigenvalue weighted by molar-refractivity contribution is 5.66. The van der Waals surface area contributed by atoms with E-state index in [9.17, 15) is 4.79 Å². The number of nitrogens with zero attached hydrogens (tertiary/aromatic N) is 1. The molecule has 0 aliphatic carbocycles. The second kappa shape index (κ2) is 5.37. The molecule has 3 aromatic rings. The van der Waals surface area contributed by atoms with Crippen molar-refractivity contribution in [2.75, 3.05) is 0 Å². The Hall–Kier alpha value is -2.68. The number of H-pyrrole nitrogens is 1. The van der Waals surface area contributed by atoms with Crippen LogP contribution in [0.1, 0.15) is 11.1 Å². The predicted octanol–water partition coefficient (Wildman–Crippen LogP) is 3.72. The molecule has 0 saturated heterocycles. The normalized spacial score (nSPS) is 10.6. The first-order valence-corrected chi connectivity index (χ1v) is 6.88. The van der Waals surface area contributed by atoms with Crippen LogP contribution in [-0.2, 0) is 0 Å². The van der Waals surface area contributed by atoms with E-state index < -0.39 is 0 Å². The summed E-state index contributed by atoms with van der Waals surface area (Å²) in [7, 11) is 0. The summed E-state index contributed by atoms with van der Waals surface area (Å²) in [5, 5.41) is 0. The highest BCUT2D eigenvalue weighted by Gasteiger charge is 2.10. The molecule has 3 heteroatoms. The maximum Gasteiger partial charge on any atom is 0.254 e. The van der Waals surface area contributed by atoms with Gasteiger partial charge in [-0.15, -0.1) is 0 Å². The number of aromatic nitrogens is 2. The van der Waals surface area contributed by atoms with Crippen molar-refractivity contribution < 1.29 is 0 Å². The van der Waals surface area contributed by atoms with Gasteiger partial charge in [0.2, 0.25) is 0 Å². The summed E-state index contributed by atoms with van der Waals surface area (Å²) in [6.07, 6.45) is 0. The van der Waals surface area contributed by atoms with Crippen LogP contribution in [0.5, 0.6) is 0 Å². The molecule has 0 radical (unpaired) electrons. The van der Waals surface area contributed by atoms with Crippen molar-refractivity contribution in [3.8, 4) is 22.6 Å². The molecule has 0 fully saturated rings. The molecule has 104 valence electrons. The van der Waals surface area contributed by atoms with E-state index in [4.69, 9.17) is 0 Å². The second-order valence-electron chi connectivity index (χ2n) is 5.12. The summed E-state index contributed by atoms with van der Waals surface area (Å²) in [6, 6.07) is 17.7. The van der Waals surface area contributed by atoms with Gasteiger partial charge < -0.3 is 4.98 Å². The van der Waals surface area contributed by atoms with Gasteiger partial charge in [0.25, 0.3) is 5.56 Å². The number of nitrogens with one attached hydrogen (secondary N) is 1. The second-order valence-corrected chi connectivity index (χ2v) is 5.12. The Morgan fingerprint density at radius 1 is 0.905 bits per heavy atom. The number of benzene rings is 2. The summed E-state index contributed by atoms with van der Waals surface area (Å²) >= 11 is 0. The van der Waals surface area contributed by atoms with Gasteiger partial charge in [-0.3, -0.25) is 4.79 Å². The van der Waals surface area contributed by atoms with E-state index in [1.165, 1.54) is 0 Å². The maximum atomic E-state index is 12.2. The minimum absolute atomic E-state index is 0.0969. The molecule has 1 heterocycles. The number of aryl methyl sites for hydroxylation is 1. The van der Waals surface area contributed by atoms with Crippen LogP contribution in [0.25, 0.3) is 22.6 Å². The lowest BCUT2D eigenvalue weighted by molar-refractivity contribution is 1.09. The molecule has 1 N–H and O–H groups in total. The van der Waals surface area contributed by atoms with Gasteiger partial charge in [-0.1, -0.05) is 54.1 Å². The Labute approximate surface area is 123 Å². The van der Waals surface area contributed by atoms with Crippen LogP contribution in [0.15, 0.2) is 59.4 Å². The highest BCUT2D eigenvalue weighted by atomic mass is 16.1. The van der Waals surface area contributed by atoms with Crippen LogP contribution in [0.4, 0.5) is 0 Å². The number of hydrogen-bond donors (Lipinski definition) is 1. The van der Waals surface area contributed by atoms with Gasteiger partial charge >= 0.3 is 0 Å². The molecular weight excluding hydrogens is 260 g/mol. The van der Waals surface area contributed by atoms with Crippen molar-refractivity contribution in [3.05, 3.63) is 76.1 Å². The van der Waals surface area contributed by atoms with Crippen LogP contribution < -0.4 is 5.56 Å². The third-order valence-electron chi connectivity index (χ3n) is 3.49. The topological polar surface area (TPSA) is 45.8 Å². The molecule has 0 aliphatic rings. The van der Waals surface area contributed by atoms with Crippen LogP contribution in [0.2, 0.25) is 0 Å². The first kappa shape index (κ1) is 13.3. The molecular formula is C18H16N2O. The van der Waals surface area contributed by atoms with Crippen molar-refractivity contribution in [3.63, 3.8) is 0 Å². The van der Waals surface area contributed by atoms with E-state index in [0.717, 1.165) is 22.4 Å². The zero-order valence-corrected chi connectivity index (χ0v) is 12.1. The number of hydrogen-bond acceptors (Lipinski definition) is 2.